The maximum Gasteiger partial charge on any atom is 0.156 e. The van der Waals surface area contributed by atoms with Gasteiger partial charge in [0.25, 0.3) is 0 Å². The normalized spacial score (nSPS) is 34.8. The molecule has 104 valence electrons. The van der Waals surface area contributed by atoms with Crippen LogP contribution < -0.4 is 0 Å². The fourth-order valence-corrected chi connectivity index (χ4v) is 3.90. The second-order valence-electron chi connectivity index (χ2n) is 6.81. The van der Waals surface area contributed by atoms with Gasteiger partial charge in [0.1, 0.15) is 0 Å². The second-order valence-corrected chi connectivity index (χ2v) is 6.81. The molecule has 2 nitrogen and oxygen atoms in total. The molecule has 0 bridgehead atoms. The molecule has 2 saturated carbocycles. The second kappa shape index (κ2) is 5.73. The van der Waals surface area contributed by atoms with Crippen LogP contribution in [0.15, 0.2) is 0 Å². The Kier molecular flexibility index (Phi) is 4.47. The summed E-state index contributed by atoms with van der Waals surface area (Å²) < 4.78 is 0. The highest BCUT2D eigenvalue weighted by Crippen LogP contribution is 2.40. The Morgan fingerprint density at radius 1 is 1.00 bits per heavy atom. The molecule has 0 N–H and O–H groups in total. The molecule has 18 heavy (non-hydrogen) atoms. The Balaban J connectivity index is 2.11. The van der Waals surface area contributed by atoms with Crippen LogP contribution in [0.3, 0.4) is 0 Å². The molecule has 0 saturated heterocycles. The number of ketones is 1. The number of hydrogen-bond acceptors (Lipinski definition) is 2. The molecule has 0 aromatic rings. The Morgan fingerprint density at radius 3 is 2.06 bits per heavy atom. The van der Waals surface area contributed by atoms with Crippen LogP contribution in [0.4, 0.5) is 0 Å². The van der Waals surface area contributed by atoms with E-state index >= 15 is 0 Å². The summed E-state index contributed by atoms with van der Waals surface area (Å²) in [5.74, 6) is 1.73. The van der Waals surface area contributed by atoms with E-state index in [1.165, 1.54) is 32.1 Å². The molecule has 2 aliphatic rings. The maximum atomic E-state index is 13.0. The largest absolute Gasteiger partial charge is 0.297 e. The smallest absolute Gasteiger partial charge is 0.156 e. The molecule has 0 aliphatic heterocycles. The van der Waals surface area contributed by atoms with Crippen molar-refractivity contribution in [3.05, 3.63) is 0 Å². The minimum absolute atomic E-state index is 0.130. The van der Waals surface area contributed by atoms with Gasteiger partial charge in [-0.05, 0) is 58.5 Å². The van der Waals surface area contributed by atoms with Crippen molar-refractivity contribution in [3.8, 4) is 0 Å². The summed E-state index contributed by atoms with van der Waals surface area (Å²) in [4.78, 5) is 15.2. The number of carbonyl (C=O) groups excluding carboxylic acids is 1. The number of likely N-dealkylation sites (N-methyl/N-ethyl adjacent to an activating group) is 1. The van der Waals surface area contributed by atoms with E-state index in [9.17, 15) is 4.79 Å². The van der Waals surface area contributed by atoms with Crippen molar-refractivity contribution in [1.29, 1.82) is 0 Å². The van der Waals surface area contributed by atoms with Gasteiger partial charge in [-0.25, -0.2) is 0 Å². The van der Waals surface area contributed by atoms with E-state index in [1.54, 1.807) is 0 Å². The predicted molar refractivity (Wildman–Crippen MR) is 75.6 cm³/mol. The minimum Gasteiger partial charge on any atom is -0.297 e. The van der Waals surface area contributed by atoms with Gasteiger partial charge in [0, 0.05) is 5.92 Å². The van der Waals surface area contributed by atoms with Gasteiger partial charge < -0.3 is 0 Å². The van der Waals surface area contributed by atoms with Crippen LogP contribution in [0.2, 0.25) is 0 Å². The predicted octanol–water partition coefficient (Wildman–Crippen LogP) is 3.65. The minimum atomic E-state index is -0.130. The van der Waals surface area contributed by atoms with Gasteiger partial charge in [-0.3, -0.25) is 9.69 Å². The fourth-order valence-electron chi connectivity index (χ4n) is 3.90. The summed E-state index contributed by atoms with van der Waals surface area (Å²) >= 11 is 0. The van der Waals surface area contributed by atoms with Crippen molar-refractivity contribution in [2.24, 2.45) is 11.8 Å². The summed E-state index contributed by atoms with van der Waals surface area (Å²) in [6.45, 7) is 2.32. The van der Waals surface area contributed by atoms with Crippen LogP contribution in [0.25, 0.3) is 0 Å². The molecule has 2 rings (SSSR count). The van der Waals surface area contributed by atoms with Crippen LogP contribution in [0.5, 0.6) is 0 Å². The molecule has 0 heterocycles. The quantitative estimate of drug-likeness (QED) is 0.763. The van der Waals surface area contributed by atoms with E-state index < -0.39 is 0 Å². The van der Waals surface area contributed by atoms with Crippen LogP contribution in [0.1, 0.15) is 64.7 Å². The van der Waals surface area contributed by atoms with Crippen molar-refractivity contribution < 1.29 is 4.79 Å². The fraction of sp³-hybridized carbons (Fsp3) is 0.938. The Morgan fingerprint density at radius 2 is 1.56 bits per heavy atom. The maximum absolute atomic E-state index is 13.0. The van der Waals surface area contributed by atoms with E-state index in [2.05, 4.69) is 25.9 Å². The molecule has 0 radical (unpaired) electrons. The Bertz CT molecular complexity index is 283. The molecule has 2 aliphatic carbocycles. The molecule has 0 unspecified atom stereocenters. The summed E-state index contributed by atoms with van der Waals surface area (Å²) in [6.07, 6.45) is 10.7. The highest BCUT2D eigenvalue weighted by atomic mass is 16.1. The third kappa shape index (κ3) is 2.64. The lowest BCUT2D eigenvalue weighted by Crippen LogP contribution is -2.55. The third-order valence-corrected chi connectivity index (χ3v) is 5.39. The van der Waals surface area contributed by atoms with Gasteiger partial charge in [-0.15, -0.1) is 0 Å². The van der Waals surface area contributed by atoms with Crippen molar-refractivity contribution >= 4 is 5.78 Å². The van der Waals surface area contributed by atoms with Gasteiger partial charge in [-0.1, -0.05) is 26.2 Å². The zero-order chi connectivity index (χ0) is 13.2. The summed E-state index contributed by atoms with van der Waals surface area (Å²) in [6, 6.07) is 0. The molecule has 0 amide bonds. The number of Topliss-reactive ketones (excluding diaryl/α,β-unsaturated/α-hetero) is 1. The average molecular weight is 251 g/mol. The van der Waals surface area contributed by atoms with Crippen molar-refractivity contribution in [1.82, 2.24) is 4.90 Å². The monoisotopic (exact) mass is 251 g/mol. The standard InChI is InChI=1S/C16H29NO/c1-13-9-11-16(12-10-13,17(2)3)15(18)14-7-5-4-6-8-14/h13-14H,4-12H2,1-3H3. The zero-order valence-corrected chi connectivity index (χ0v) is 12.4. The lowest BCUT2D eigenvalue weighted by molar-refractivity contribution is -0.137. The van der Waals surface area contributed by atoms with E-state index in [0.717, 1.165) is 31.6 Å². The Hall–Kier alpha value is -0.370. The van der Waals surface area contributed by atoms with E-state index in [1.807, 2.05) is 0 Å². The van der Waals surface area contributed by atoms with Crippen LogP contribution in [-0.2, 0) is 4.79 Å². The highest BCUT2D eigenvalue weighted by molar-refractivity contribution is 5.90. The molecule has 0 aromatic heterocycles. The lowest BCUT2D eigenvalue weighted by Gasteiger charge is -2.45. The topological polar surface area (TPSA) is 20.3 Å². The highest BCUT2D eigenvalue weighted by Gasteiger charge is 2.45. The molecule has 0 atom stereocenters. The molecule has 2 fully saturated rings. The van der Waals surface area contributed by atoms with Crippen LogP contribution >= 0.6 is 0 Å². The van der Waals surface area contributed by atoms with E-state index in [-0.39, 0.29) is 5.54 Å². The molecule has 0 spiro atoms. The first-order valence-electron chi connectivity index (χ1n) is 7.78. The zero-order valence-electron chi connectivity index (χ0n) is 12.4. The average Bonchev–Trinajstić information content (AvgIpc) is 2.40. The molecular formula is C16H29NO. The SMILES string of the molecule is CC1CCC(C(=O)C2CCCCC2)(N(C)C)CC1. The third-order valence-electron chi connectivity index (χ3n) is 5.39. The first kappa shape index (κ1) is 14.0. The lowest BCUT2D eigenvalue weighted by atomic mass is 9.69. The number of hydrogen-bond donors (Lipinski definition) is 0. The summed E-state index contributed by atoms with van der Waals surface area (Å²) in [5, 5.41) is 0. The van der Waals surface area contributed by atoms with Crippen molar-refractivity contribution in [2.75, 3.05) is 14.1 Å². The summed E-state index contributed by atoms with van der Waals surface area (Å²) in [5.41, 5.74) is -0.130. The number of nitrogens with zero attached hydrogens (tertiary/aromatic N) is 1. The van der Waals surface area contributed by atoms with Gasteiger partial charge in [0.2, 0.25) is 0 Å². The first-order chi connectivity index (χ1) is 8.56. The van der Waals surface area contributed by atoms with Gasteiger partial charge in [-0.2, -0.15) is 0 Å². The van der Waals surface area contributed by atoms with Crippen molar-refractivity contribution in [2.45, 2.75) is 70.3 Å². The van der Waals surface area contributed by atoms with E-state index in [0.29, 0.717) is 11.7 Å². The van der Waals surface area contributed by atoms with E-state index in [4.69, 9.17) is 0 Å². The first-order valence-corrected chi connectivity index (χ1v) is 7.78. The Labute approximate surface area is 112 Å². The van der Waals surface area contributed by atoms with Crippen LogP contribution in [0, 0.1) is 11.8 Å². The summed E-state index contributed by atoms with van der Waals surface area (Å²) in [7, 11) is 4.22. The van der Waals surface area contributed by atoms with Gasteiger partial charge >= 0.3 is 0 Å². The van der Waals surface area contributed by atoms with Crippen molar-refractivity contribution in [3.63, 3.8) is 0 Å². The molecular weight excluding hydrogens is 222 g/mol. The van der Waals surface area contributed by atoms with Gasteiger partial charge in [0.05, 0.1) is 5.54 Å². The number of carbonyl (C=O) groups is 1. The molecule has 2 heteroatoms. The molecule has 0 aromatic carbocycles. The van der Waals surface area contributed by atoms with Gasteiger partial charge in [0.15, 0.2) is 5.78 Å². The van der Waals surface area contributed by atoms with Crippen LogP contribution in [-0.4, -0.2) is 30.3 Å². The number of rotatable bonds is 3.